The molecule has 1 aromatic rings. The van der Waals surface area contributed by atoms with Crippen molar-refractivity contribution in [1.82, 2.24) is 0 Å². The number of anilines is 2. The van der Waals surface area contributed by atoms with E-state index < -0.39 is 0 Å². The van der Waals surface area contributed by atoms with Crippen LogP contribution in [-0.2, 0) is 0 Å². The molecule has 0 aromatic heterocycles. The number of nitrogen functional groups attached to an aromatic ring is 1. The van der Waals surface area contributed by atoms with Gasteiger partial charge in [0.25, 0.3) is 0 Å². The van der Waals surface area contributed by atoms with Crippen LogP contribution in [-0.4, -0.2) is 6.04 Å². The van der Waals surface area contributed by atoms with E-state index in [1.807, 2.05) is 6.07 Å². The molecule has 0 aliphatic heterocycles. The van der Waals surface area contributed by atoms with E-state index in [2.05, 4.69) is 61.9 Å². The second-order valence-corrected chi connectivity index (χ2v) is 8.80. The summed E-state index contributed by atoms with van der Waals surface area (Å²) in [5.74, 6) is 0. The van der Waals surface area contributed by atoms with Crippen LogP contribution in [0.3, 0.4) is 0 Å². The summed E-state index contributed by atoms with van der Waals surface area (Å²) in [6.07, 6.45) is 3.72. The minimum atomic E-state index is 0.398. The second-order valence-electron chi connectivity index (χ2n) is 7.94. The standard InChI is InChI=1S/C17H27BrN2/c1-11-6-15(13(18)7-14(11)19)20-12-8-16(2,3)10-17(4,5)9-12/h6-7,12,20H,8-10,19H2,1-5H3. The van der Waals surface area contributed by atoms with Gasteiger partial charge in [0.2, 0.25) is 0 Å². The molecule has 2 rings (SSSR count). The number of rotatable bonds is 2. The Hall–Kier alpha value is -0.700. The molecule has 1 fully saturated rings. The monoisotopic (exact) mass is 338 g/mol. The largest absolute Gasteiger partial charge is 0.398 e. The molecule has 112 valence electrons. The van der Waals surface area contributed by atoms with Crippen LogP contribution in [0.4, 0.5) is 11.4 Å². The van der Waals surface area contributed by atoms with Gasteiger partial charge in [0.05, 0.1) is 0 Å². The average Bonchev–Trinajstić information content (AvgIpc) is 2.21. The fraction of sp³-hybridized carbons (Fsp3) is 0.647. The van der Waals surface area contributed by atoms with Crippen molar-refractivity contribution < 1.29 is 0 Å². The van der Waals surface area contributed by atoms with Gasteiger partial charge >= 0.3 is 0 Å². The predicted molar refractivity (Wildman–Crippen MR) is 92.1 cm³/mol. The summed E-state index contributed by atoms with van der Waals surface area (Å²) in [5.41, 5.74) is 9.88. The highest BCUT2D eigenvalue weighted by Gasteiger charge is 2.38. The fourth-order valence-corrected chi connectivity index (χ4v) is 4.45. The maximum absolute atomic E-state index is 5.95. The van der Waals surface area contributed by atoms with Crippen LogP contribution in [0.2, 0.25) is 0 Å². The number of hydrogen-bond donors (Lipinski definition) is 2. The second kappa shape index (κ2) is 5.25. The maximum atomic E-state index is 5.95. The molecular formula is C17H27BrN2. The van der Waals surface area contributed by atoms with E-state index in [-0.39, 0.29) is 0 Å². The van der Waals surface area contributed by atoms with Crippen molar-refractivity contribution >= 4 is 27.3 Å². The first-order chi connectivity index (χ1) is 9.08. The zero-order chi connectivity index (χ0) is 15.1. The van der Waals surface area contributed by atoms with E-state index in [0.717, 1.165) is 21.4 Å². The third-order valence-electron chi connectivity index (χ3n) is 4.27. The van der Waals surface area contributed by atoms with Gasteiger partial charge in [-0.25, -0.2) is 0 Å². The Morgan fingerprint density at radius 1 is 1.15 bits per heavy atom. The molecule has 0 bridgehead atoms. The van der Waals surface area contributed by atoms with Crippen molar-refractivity contribution in [2.75, 3.05) is 11.1 Å². The molecule has 2 nitrogen and oxygen atoms in total. The van der Waals surface area contributed by atoms with Gasteiger partial charge in [-0.2, -0.15) is 0 Å². The van der Waals surface area contributed by atoms with Crippen LogP contribution >= 0.6 is 15.9 Å². The molecule has 0 atom stereocenters. The molecule has 1 saturated carbocycles. The molecule has 0 amide bonds. The van der Waals surface area contributed by atoms with Gasteiger partial charge in [-0.1, -0.05) is 27.7 Å². The molecule has 0 radical (unpaired) electrons. The molecule has 0 saturated heterocycles. The zero-order valence-corrected chi connectivity index (χ0v) is 14.9. The SMILES string of the molecule is Cc1cc(NC2CC(C)(C)CC(C)(C)C2)c(Br)cc1N. The van der Waals surface area contributed by atoms with E-state index in [0.29, 0.717) is 16.9 Å². The number of hydrogen-bond acceptors (Lipinski definition) is 2. The highest BCUT2D eigenvalue weighted by atomic mass is 79.9. The van der Waals surface area contributed by atoms with Crippen LogP contribution in [0.5, 0.6) is 0 Å². The van der Waals surface area contributed by atoms with Gasteiger partial charge in [0.15, 0.2) is 0 Å². The van der Waals surface area contributed by atoms with E-state index in [4.69, 9.17) is 5.73 Å². The van der Waals surface area contributed by atoms with Crippen LogP contribution in [0.1, 0.15) is 52.5 Å². The Morgan fingerprint density at radius 2 is 1.70 bits per heavy atom. The number of nitrogens with two attached hydrogens (primary N) is 1. The first-order valence-electron chi connectivity index (χ1n) is 7.40. The summed E-state index contributed by atoms with van der Waals surface area (Å²) in [6, 6.07) is 4.67. The third-order valence-corrected chi connectivity index (χ3v) is 4.93. The van der Waals surface area contributed by atoms with Gasteiger partial charge in [-0.15, -0.1) is 0 Å². The Bertz CT molecular complexity index is 490. The molecule has 0 spiro atoms. The number of halogens is 1. The zero-order valence-electron chi connectivity index (χ0n) is 13.3. The number of aryl methyl sites for hydroxylation is 1. The fourth-order valence-electron chi connectivity index (χ4n) is 3.98. The van der Waals surface area contributed by atoms with Crippen LogP contribution in [0.25, 0.3) is 0 Å². The molecule has 0 heterocycles. The highest BCUT2D eigenvalue weighted by molar-refractivity contribution is 9.10. The first kappa shape index (κ1) is 15.7. The van der Waals surface area contributed by atoms with E-state index >= 15 is 0 Å². The van der Waals surface area contributed by atoms with Gasteiger partial charge in [0, 0.05) is 21.9 Å². The van der Waals surface area contributed by atoms with Crippen LogP contribution in [0.15, 0.2) is 16.6 Å². The molecule has 0 unspecified atom stereocenters. The summed E-state index contributed by atoms with van der Waals surface area (Å²) >= 11 is 3.62. The van der Waals surface area contributed by atoms with Crippen molar-refractivity contribution in [3.63, 3.8) is 0 Å². The van der Waals surface area contributed by atoms with Gasteiger partial charge in [0.1, 0.15) is 0 Å². The van der Waals surface area contributed by atoms with Crippen molar-refractivity contribution in [3.8, 4) is 0 Å². The summed E-state index contributed by atoms with van der Waals surface area (Å²) < 4.78 is 1.06. The van der Waals surface area contributed by atoms with Crippen molar-refractivity contribution in [1.29, 1.82) is 0 Å². The maximum Gasteiger partial charge on any atom is 0.0490 e. The quantitative estimate of drug-likeness (QED) is 0.712. The molecule has 1 aliphatic rings. The van der Waals surface area contributed by atoms with Gasteiger partial charge in [-0.3, -0.25) is 0 Å². The minimum Gasteiger partial charge on any atom is -0.398 e. The van der Waals surface area contributed by atoms with E-state index in [1.54, 1.807) is 0 Å². The minimum absolute atomic E-state index is 0.398. The molecular weight excluding hydrogens is 312 g/mol. The van der Waals surface area contributed by atoms with Gasteiger partial charge in [-0.05, 0) is 70.6 Å². The topological polar surface area (TPSA) is 38.0 Å². The Labute approximate surface area is 131 Å². The first-order valence-corrected chi connectivity index (χ1v) is 8.19. The lowest BCUT2D eigenvalue weighted by molar-refractivity contribution is 0.105. The van der Waals surface area contributed by atoms with Gasteiger partial charge < -0.3 is 11.1 Å². The lowest BCUT2D eigenvalue weighted by Gasteiger charge is -2.45. The number of benzene rings is 1. The molecule has 1 aromatic carbocycles. The summed E-state index contributed by atoms with van der Waals surface area (Å²) in [5, 5.41) is 3.73. The van der Waals surface area contributed by atoms with E-state index in [9.17, 15) is 0 Å². The Kier molecular flexibility index (Phi) is 4.12. The summed E-state index contributed by atoms with van der Waals surface area (Å²) in [6.45, 7) is 11.6. The molecule has 1 aliphatic carbocycles. The van der Waals surface area contributed by atoms with Crippen LogP contribution in [0, 0.1) is 17.8 Å². The van der Waals surface area contributed by atoms with E-state index in [1.165, 1.54) is 19.3 Å². The highest BCUT2D eigenvalue weighted by Crippen LogP contribution is 2.46. The Morgan fingerprint density at radius 3 is 2.25 bits per heavy atom. The third kappa shape index (κ3) is 3.69. The smallest absolute Gasteiger partial charge is 0.0490 e. The van der Waals surface area contributed by atoms with Crippen molar-refractivity contribution in [2.45, 2.75) is 59.9 Å². The number of nitrogens with one attached hydrogen (secondary N) is 1. The lowest BCUT2D eigenvalue weighted by Crippen LogP contribution is -2.40. The molecule has 3 heteroatoms. The molecule has 20 heavy (non-hydrogen) atoms. The summed E-state index contributed by atoms with van der Waals surface area (Å²) in [4.78, 5) is 0. The van der Waals surface area contributed by atoms with Crippen molar-refractivity contribution in [2.24, 2.45) is 10.8 Å². The predicted octanol–water partition coefficient (Wildman–Crippen LogP) is 5.36. The molecule has 3 N–H and O–H groups in total. The average molecular weight is 339 g/mol. The Balaban J connectivity index is 2.19. The lowest BCUT2D eigenvalue weighted by atomic mass is 9.63. The van der Waals surface area contributed by atoms with Crippen molar-refractivity contribution in [3.05, 3.63) is 22.2 Å². The normalized spacial score (nSPS) is 21.7. The summed E-state index contributed by atoms with van der Waals surface area (Å²) in [7, 11) is 0. The van der Waals surface area contributed by atoms with Crippen LogP contribution < -0.4 is 11.1 Å².